The largest absolute Gasteiger partial charge is 0.507 e. The van der Waals surface area contributed by atoms with Gasteiger partial charge in [-0.2, -0.15) is 4.37 Å². The first-order valence-electron chi connectivity index (χ1n) is 6.81. The van der Waals surface area contributed by atoms with Crippen molar-refractivity contribution in [3.63, 3.8) is 0 Å². The van der Waals surface area contributed by atoms with Gasteiger partial charge >= 0.3 is 5.97 Å². The molecule has 0 aliphatic rings. The lowest BCUT2D eigenvalue weighted by Crippen LogP contribution is -2.04. The van der Waals surface area contributed by atoms with Crippen LogP contribution >= 0.6 is 11.5 Å². The monoisotopic (exact) mass is 328 g/mol. The van der Waals surface area contributed by atoms with Crippen LogP contribution in [0.25, 0.3) is 11.0 Å². The van der Waals surface area contributed by atoms with Gasteiger partial charge in [0.05, 0.1) is 17.7 Å². The molecule has 0 aliphatic carbocycles. The number of phenols is 1. The van der Waals surface area contributed by atoms with E-state index in [4.69, 9.17) is 4.74 Å². The van der Waals surface area contributed by atoms with Crippen LogP contribution in [0.4, 0.5) is 10.7 Å². The van der Waals surface area contributed by atoms with Crippen LogP contribution in [0.3, 0.4) is 0 Å². The zero-order valence-electron chi connectivity index (χ0n) is 12.1. The number of carbonyl (C=O) groups is 1. The maximum absolute atomic E-state index is 11.8. The number of benzene rings is 1. The summed E-state index contributed by atoms with van der Waals surface area (Å²) in [5.41, 5.74) is 1.10. The lowest BCUT2D eigenvalue weighted by atomic mass is 10.2. The Hall–Kier alpha value is -2.87. The third-order valence-electron chi connectivity index (χ3n) is 2.97. The number of fused-ring (bicyclic) bond motifs is 1. The van der Waals surface area contributed by atoms with E-state index in [1.165, 1.54) is 23.7 Å². The quantitative estimate of drug-likeness (QED) is 0.577. The molecule has 0 atom stereocenters. The van der Waals surface area contributed by atoms with Crippen molar-refractivity contribution < 1.29 is 14.6 Å². The van der Waals surface area contributed by atoms with E-state index in [1.54, 1.807) is 25.3 Å². The second kappa shape index (κ2) is 6.49. The molecule has 1 aromatic carbocycles. The number of rotatable bonds is 4. The molecule has 2 aromatic heterocycles. The fourth-order valence-corrected chi connectivity index (χ4v) is 2.56. The van der Waals surface area contributed by atoms with Crippen LogP contribution in [0.2, 0.25) is 0 Å². The molecular weight excluding hydrogens is 316 g/mol. The van der Waals surface area contributed by atoms with Crippen molar-refractivity contribution in [1.82, 2.24) is 9.36 Å². The Morgan fingerprint density at radius 1 is 1.35 bits per heavy atom. The summed E-state index contributed by atoms with van der Waals surface area (Å²) < 4.78 is 9.06. The number of phenolic OH excluding ortho intramolecular Hbond substituents is 1. The van der Waals surface area contributed by atoms with Crippen LogP contribution in [-0.2, 0) is 4.74 Å². The number of hydrogen-bond acceptors (Lipinski definition) is 8. The summed E-state index contributed by atoms with van der Waals surface area (Å²) in [7, 11) is 0. The van der Waals surface area contributed by atoms with E-state index < -0.39 is 5.97 Å². The highest BCUT2D eigenvalue weighted by Gasteiger charge is 2.13. The third kappa shape index (κ3) is 3.16. The molecule has 3 aromatic rings. The molecule has 0 fully saturated rings. The van der Waals surface area contributed by atoms with Gasteiger partial charge in [0.25, 0.3) is 0 Å². The van der Waals surface area contributed by atoms with Crippen molar-refractivity contribution in [2.24, 2.45) is 10.2 Å². The second-order valence-electron chi connectivity index (χ2n) is 4.48. The van der Waals surface area contributed by atoms with Crippen molar-refractivity contribution >= 4 is 39.2 Å². The van der Waals surface area contributed by atoms with Gasteiger partial charge in [-0.15, -0.1) is 10.2 Å². The van der Waals surface area contributed by atoms with Gasteiger partial charge in [0.15, 0.2) is 10.6 Å². The molecule has 7 nitrogen and oxygen atoms in total. The molecule has 0 saturated heterocycles. The normalized spacial score (nSPS) is 11.2. The maximum atomic E-state index is 11.8. The second-order valence-corrected chi connectivity index (χ2v) is 5.24. The lowest BCUT2D eigenvalue weighted by molar-refractivity contribution is 0.0523. The summed E-state index contributed by atoms with van der Waals surface area (Å²) in [4.78, 5) is 15.9. The predicted molar refractivity (Wildman–Crippen MR) is 85.7 cm³/mol. The Morgan fingerprint density at radius 2 is 2.22 bits per heavy atom. The van der Waals surface area contributed by atoms with Gasteiger partial charge in [-0.3, -0.25) is 0 Å². The van der Waals surface area contributed by atoms with Gasteiger partial charge in [-0.05, 0) is 48.8 Å². The Kier molecular flexibility index (Phi) is 4.24. The van der Waals surface area contributed by atoms with Crippen molar-refractivity contribution in [2.75, 3.05) is 6.61 Å². The van der Waals surface area contributed by atoms with Crippen LogP contribution in [0.5, 0.6) is 5.75 Å². The van der Waals surface area contributed by atoms with Crippen molar-refractivity contribution in [2.45, 2.75) is 6.92 Å². The minimum atomic E-state index is -0.602. The van der Waals surface area contributed by atoms with Gasteiger partial charge < -0.3 is 9.84 Å². The molecule has 0 radical (unpaired) electrons. The topological polar surface area (TPSA) is 97.0 Å². The highest BCUT2D eigenvalue weighted by atomic mass is 32.1. The Bertz CT molecular complexity index is 891. The number of nitrogens with zero attached hydrogens (tertiary/aromatic N) is 4. The number of azo groups is 1. The van der Waals surface area contributed by atoms with Gasteiger partial charge in [0.2, 0.25) is 0 Å². The van der Waals surface area contributed by atoms with Crippen molar-refractivity contribution in [3.8, 4) is 5.75 Å². The molecule has 2 heterocycles. The highest BCUT2D eigenvalue weighted by molar-refractivity contribution is 7.11. The predicted octanol–water partition coefficient (Wildman–Crippen LogP) is 3.99. The molecule has 0 spiro atoms. The highest BCUT2D eigenvalue weighted by Crippen LogP contribution is 2.31. The minimum Gasteiger partial charge on any atom is -0.507 e. The number of hydrogen-bond donors (Lipinski definition) is 1. The van der Waals surface area contributed by atoms with Crippen LogP contribution in [0.1, 0.15) is 17.3 Å². The third-order valence-corrected chi connectivity index (χ3v) is 3.71. The molecule has 0 saturated carbocycles. The summed E-state index contributed by atoms with van der Waals surface area (Å²) in [6, 6.07) is 8.03. The van der Waals surface area contributed by atoms with Crippen LogP contribution in [0.15, 0.2) is 46.8 Å². The number of aromatic nitrogens is 2. The molecule has 23 heavy (non-hydrogen) atoms. The first-order valence-corrected chi connectivity index (χ1v) is 7.58. The van der Waals surface area contributed by atoms with E-state index in [2.05, 4.69) is 19.6 Å². The smallest absolute Gasteiger partial charge is 0.341 e. The summed E-state index contributed by atoms with van der Waals surface area (Å²) in [6.07, 6.45) is 1.66. The summed E-state index contributed by atoms with van der Waals surface area (Å²) in [6.45, 7) is 1.92. The average Bonchev–Trinajstić information content (AvgIpc) is 2.97. The molecular formula is C15H12N4O3S. The molecule has 3 rings (SSSR count). The molecule has 0 amide bonds. The molecule has 0 aliphatic heterocycles. The van der Waals surface area contributed by atoms with Gasteiger partial charge in [0, 0.05) is 6.20 Å². The number of carbonyl (C=O) groups excluding carboxylic acids is 1. The van der Waals surface area contributed by atoms with E-state index in [9.17, 15) is 9.90 Å². The average molecular weight is 328 g/mol. The SMILES string of the molecule is CCOC(=O)c1cc(/N=N/c2snc3ncccc23)ccc1O. The van der Waals surface area contributed by atoms with E-state index >= 15 is 0 Å². The standard InChI is InChI=1S/C15H12N4O3S/c1-2-22-15(21)11-8-9(5-6-12(11)20)17-18-14-10-4-3-7-16-13(10)19-23-14/h3-8,20H,2H2,1H3/b18-17+. The number of esters is 1. The Morgan fingerprint density at radius 3 is 3.04 bits per heavy atom. The zero-order valence-corrected chi connectivity index (χ0v) is 12.9. The summed E-state index contributed by atoms with van der Waals surface area (Å²) in [5, 5.41) is 19.4. The van der Waals surface area contributed by atoms with Crippen LogP contribution in [-0.4, -0.2) is 27.0 Å². The van der Waals surface area contributed by atoms with Crippen LogP contribution < -0.4 is 0 Å². The molecule has 116 valence electrons. The van der Waals surface area contributed by atoms with E-state index in [0.29, 0.717) is 16.3 Å². The lowest BCUT2D eigenvalue weighted by Gasteiger charge is -2.04. The van der Waals surface area contributed by atoms with Crippen molar-refractivity contribution in [1.29, 1.82) is 0 Å². The summed E-state index contributed by atoms with van der Waals surface area (Å²) in [5.74, 6) is -0.760. The van der Waals surface area contributed by atoms with Crippen LogP contribution in [0, 0.1) is 0 Å². The van der Waals surface area contributed by atoms with Gasteiger partial charge in [-0.1, -0.05) is 0 Å². The number of pyridine rings is 1. The molecule has 0 unspecified atom stereocenters. The Labute approximate surface area is 135 Å². The van der Waals surface area contributed by atoms with E-state index in [-0.39, 0.29) is 17.9 Å². The number of ether oxygens (including phenoxy) is 1. The molecule has 0 bridgehead atoms. The molecule has 8 heteroatoms. The van der Waals surface area contributed by atoms with Gasteiger partial charge in [0.1, 0.15) is 11.3 Å². The minimum absolute atomic E-state index is 0.0547. The van der Waals surface area contributed by atoms with Crippen molar-refractivity contribution in [3.05, 3.63) is 42.1 Å². The fourth-order valence-electron chi connectivity index (χ4n) is 1.91. The van der Waals surface area contributed by atoms with E-state index in [0.717, 1.165) is 5.39 Å². The molecule has 1 N–H and O–H groups in total. The first kappa shape index (κ1) is 15.0. The number of aromatic hydroxyl groups is 1. The zero-order chi connectivity index (χ0) is 16.2. The summed E-state index contributed by atoms with van der Waals surface area (Å²) >= 11 is 1.19. The van der Waals surface area contributed by atoms with E-state index in [1.807, 2.05) is 6.07 Å². The van der Waals surface area contributed by atoms with Gasteiger partial charge in [-0.25, -0.2) is 9.78 Å². The first-order chi connectivity index (χ1) is 11.2. The Balaban J connectivity index is 1.90. The fraction of sp³-hybridized carbons (Fsp3) is 0.133. The maximum Gasteiger partial charge on any atom is 0.341 e.